The highest BCUT2D eigenvalue weighted by Gasteiger charge is 2.48. The number of hydrogen-bond acceptors (Lipinski definition) is 2. The Bertz CT molecular complexity index is 481. The Morgan fingerprint density at radius 1 is 1.00 bits per heavy atom. The van der Waals surface area contributed by atoms with Crippen LogP contribution in [0.1, 0.15) is 53.4 Å². The van der Waals surface area contributed by atoms with Gasteiger partial charge >= 0.3 is 0 Å². The van der Waals surface area contributed by atoms with Gasteiger partial charge in [-0.05, 0) is 69.1 Å². The fourth-order valence-electron chi connectivity index (χ4n) is 4.96. The second kappa shape index (κ2) is 5.26. The summed E-state index contributed by atoms with van der Waals surface area (Å²) in [5.74, 6) is 4.23. The van der Waals surface area contributed by atoms with Crippen molar-refractivity contribution in [1.29, 1.82) is 0 Å². The molecule has 0 aromatic heterocycles. The van der Waals surface area contributed by atoms with Crippen LogP contribution in [0.3, 0.4) is 0 Å². The molecule has 0 saturated heterocycles. The predicted molar refractivity (Wildman–Crippen MR) is 82.4 cm³/mol. The van der Waals surface area contributed by atoms with Crippen molar-refractivity contribution in [1.82, 2.24) is 4.90 Å². The molecule has 3 heteroatoms. The summed E-state index contributed by atoms with van der Waals surface area (Å²) in [5.41, 5.74) is 1.25. The van der Waals surface area contributed by atoms with Gasteiger partial charge in [0.25, 0.3) is 11.8 Å². The van der Waals surface area contributed by atoms with Gasteiger partial charge in [-0.25, -0.2) is 0 Å². The molecule has 0 aromatic rings. The number of hydrogen-bond donors (Lipinski definition) is 0. The third-order valence-corrected chi connectivity index (χ3v) is 6.69. The Labute approximate surface area is 127 Å². The summed E-state index contributed by atoms with van der Waals surface area (Å²) in [6.07, 6.45) is 4.92. The van der Waals surface area contributed by atoms with Crippen molar-refractivity contribution in [3.8, 4) is 0 Å². The van der Waals surface area contributed by atoms with Crippen molar-refractivity contribution in [2.24, 2.45) is 29.6 Å². The number of nitrogens with zero attached hydrogens (tertiary/aromatic N) is 1. The van der Waals surface area contributed by atoms with Gasteiger partial charge in [-0.15, -0.1) is 0 Å². The van der Waals surface area contributed by atoms with E-state index < -0.39 is 0 Å². The van der Waals surface area contributed by atoms with Crippen LogP contribution in [0.5, 0.6) is 0 Å². The minimum atomic E-state index is -0.0765. The molecule has 116 valence electrons. The number of amides is 2. The lowest BCUT2D eigenvalue weighted by molar-refractivity contribution is -0.137. The second-order valence-corrected chi connectivity index (χ2v) is 7.53. The molecule has 1 heterocycles. The van der Waals surface area contributed by atoms with Crippen LogP contribution in [0.2, 0.25) is 0 Å². The summed E-state index contributed by atoms with van der Waals surface area (Å²) in [6, 6.07) is 0. The highest BCUT2D eigenvalue weighted by molar-refractivity contribution is 6.18. The number of carbonyl (C=O) groups is 2. The fraction of sp³-hybridized carbons (Fsp3) is 0.778. The van der Waals surface area contributed by atoms with Crippen molar-refractivity contribution < 1.29 is 9.59 Å². The van der Waals surface area contributed by atoms with Crippen LogP contribution in [0.15, 0.2) is 11.1 Å². The maximum atomic E-state index is 12.0. The van der Waals surface area contributed by atoms with Crippen LogP contribution in [-0.2, 0) is 9.59 Å². The smallest absolute Gasteiger partial charge is 0.256 e. The molecule has 2 bridgehead atoms. The first kappa shape index (κ1) is 14.8. The summed E-state index contributed by atoms with van der Waals surface area (Å²) >= 11 is 0. The van der Waals surface area contributed by atoms with Crippen molar-refractivity contribution in [3.05, 3.63) is 11.1 Å². The minimum Gasteiger partial charge on any atom is -0.275 e. The van der Waals surface area contributed by atoms with E-state index in [0.717, 1.165) is 36.0 Å². The van der Waals surface area contributed by atoms with E-state index in [-0.39, 0.29) is 11.8 Å². The molecule has 2 aliphatic carbocycles. The van der Waals surface area contributed by atoms with E-state index in [1.165, 1.54) is 24.2 Å². The molecule has 2 fully saturated rings. The molecule has 5 unspecified atom stereocenters. The van der Waals surface area contributed by atoms with E-state index >= 15 is 0 Å². The Morgan fingerprint density at radius 2 is 1.62 bits per heavy atom. The van der Waals surface area contributed by atoms with Gasteiger partial charge in [0, 0.05) is 17.7 Å². The first-order valence-corrected chi connectivity index (χ1v) is 8.45. The average Bonchev–Trinajstić information content (AvgIpc) is 3.05. The zero-order valence-electron chi connectivity index (χ0n) is 13.7. The maximum absolute atomic E-state index is 12.0. The molecule has 5 atom stereocenters. The molecular formula is C18H27NO2. The second-order valence-electron chi connectivity index (χ2n) is 7.53. The first-order valence-electron chi connectivity index (χ1n) is 8.45. The van der Waals surface area contributed by atoms with Crippen LogP contribution in [0.25, 0.3) is 0 Å². The summed E-state index contributed by atoms with van der Waals surface area (Å²) in [5, 5.41) is 0. The SMILES string of the molecule is CC1=C(C)C(=O)N(CCCC2CC3CC2C(C)C3C)C1=O. The number of fused-ring (bicyclic) bond motifs is 2. The van der Waals surface area contributed by atoms with Crippen molar-refractivity contribution in [3.63, 3.8) is 0 Å². The van der Waals surface area contributed by atoms with E-state index in [2.05, 4.69) is 13.8 Å². The highest BCUT2D eigenvalue weighted by Crippen LogP contribution is 2.56. The first-order chi connectivity index (χ1) is 9.91. The standard InChI is InChI=1S/C18H27NO2/c1-10-11(2)16-9-15(10)8-14(16)6-5-7-19-17(20)12(3)13(4)18(19)21/h10-11,14-16H,5-9H2,1-4H3. The summed E-state index contributed by atoms with van der Waals surface area (Å²) in [6.45, 7) is 8.93. The Kier molecular flexibility index (Phi) is 3.71. The van der Waals surface area contributed by atoms with Crippen molar-refractivity contribution >= 4 is 11.8 Å². The molecule has 3 aliphatic rings. The van der Waals surface area contributed by atoms with Crippen LogP contribution in [0, 0.1) is 29.6 Å². The van der Waals surface area contributed by atoms with Crippen LogP contribution < -0.4 is 0 Å². The Balaban J connectivity index is 1.50. The maximum Gasteiger partial charge on any atom is 0.256 e. The molecule has 0 N–H and O–H groups in total. The monoisotopic (exact) mass is 289 g/mol. The molecule has 0 aromatic carbocycles. The van der Waals surface area contributed by atoms with Gasteiger partial charge < -0.3 is 0 Å². The van der Waals surface area contributed by atoms with E-state index in [0.29, 0.717) is 17.7 Å². The normalized spacial score (nSPS) is 39.0. The molecule has 0 spiro atoms. The highest BCUT2D eigenvalue weighted by atomic mass is 16.2. The van der Waals surface area contributed by atoms with Gasteiger partial charge in [-0.3, -0.25) is 14.5 Å². The quantitative estimate of drug-likeness (QED) is 0.744. The Hall–Kier alpha value is -1.12. The number of carbonyl (C=O) groups excluding carboxylic acids is 2. The molecule has 1 aliphatic heterocycles. The molecule has 2 amide bonds. The molecule has 3 rings (SSSR count). The van der Waals surface area contributed by atoms with E-state index in [1.54, 1.807) is 13.8 Å². The average molecular weight is 289 g/mol. The third-order valence-electron chi connectivity index (χ3n) is 6.69. The Morgan fingerprint density at radius 3 is 2.14 bits per heavy atom. The largest absolute Gasteiger partial charge is 0.275 e. The molecule has 3 nitrogen and oxygen atoms in total. The molecule has 0 radical (unpaired) electrons. The van der Waals surface area contributed by atoms with Crippen LogP contribution in [-0.4, -0.2) is 23.3 Å². The van der Waals surface area contributed by atoms with Crippen molar-refractivity contribution in [2.75, 3.05) is 6.54 Å². The fourth-order valence-corrected chi connectivity index (χ4v) is 4.96. The molecular weight excluding hydrogens is 262 g/mol. The zero-order chi connectivity index (χ0) is 15.3. The van der Waals surface area contributed by atoms with Gasteiger partial charge in [0.1, 0.15) is 0 Å². The van der Waals surface area contributed by atoms with Gasteiger partial charge in [0.05, 0.1) is 0 Å². The summed E-state index contributed by atoms with van der Waals surface area (Å²) in [7, 11) is 0. The van der Waals surface area contributed by atoms with Gasteiger partial charge in [0.15, 0.2) is 0 Å². The lowest BCUT2D eigenvalue weighted by Gasteiger charge is -2.32. The number of rotatable bonds is 4. The molecule has 2 saturated carbocycles. The predicted octanol–water partition coefficient (Wildman–Crippen LogP) is 3.40. The topological polar surface area (TPSA) is 37.4 Å². The van der Waals surface area contributed by atoms with Crippen LogP contribution >= 0.6 is 0 Å². The van der Waals surface area contributed by atoms with Gasteiger partial charge in [-0.1, -0.05) is 13.8 Å². The zero-order valence-corrected chi connectivity index (χ0v) is 13.7. The third kappa shape index (κ3) is 2.25. The lowest BCUT2D eigenvalue weighted by atomic mass is 9.74. The van der Waals surface area contributed by atoms with Gasteiger partial charge in [0.2, 0.25) is 0 Å². The summed E-state index contributed by atoms with van der Waals surface area (Å²) in [4.78, 5) is 25.5. The van der Waals surface area contributed by atoms with E-state index in [9.17, 15) is 9.59 Å². The van der Waals surface area contributed by atoms with Gasteiger partial charge in [-0.2, -0.15) is 0 Å². The van der Waals surface area contributed by atoms with Crippen LogP contribution in [0.4, 0.5) is 0 Å². The molecule has 21 heavy (non-hydrogen) atoms. The summed E-state index contributed by atoms with van der Waals surface area (Å²) < 4.78 is 0. The van der Waals surface area contributed by atoms with Crippen molar-refractivity contribution in [2.45, 2.75) is 53.4 Å². The lowest BCUT2D eigenvalue weighted by Crippen LogP contribution is -2.33. The van der Waals surface area contributed by atoms with E-state index in [4.69, 9.17) is 0 Å². The number of imide groups is 1. The minimum absolute atomic E-state index is 0.0765. The van der Waals surface area contributed by atoms with E-state index in [1.807, 2.05) is 0 Å².